The van der Waals surface area contributed by atoms with Crippen molar-refractivity contribution >= 4 is 50.8 Å². The van der Waals surface area contributed by atoms with Crippen LogP contribution in [0.5, 0.6) is 0 Å². The number of carbonyl (C=O) groups is 1. The fourth-order valence-electron chi connectivity index (χ4n) is 2.93. The number of benzene rings is 1. The summed E-state index contributed by atoms with van der Waals surface area (Å²) in [5.41, 5.74) is 0.221. The Bertz CT molecular complexity index is 954. The highest BCUT2D eigenvalue weighted by Crippen LogP contribution is 2.28. The van der Waals surface area contributed by atoms with Crippen LogP contribution < -0.4 is 5.32 Å². The summed E-state index contributed by atoms with van der Waals surface area (Å²) >= 11 is 7.63. The van der Waals surface area contributed by atoms with E-state index in [9.17, 15) is 13.2 Å². The Morgan fingerprint density at radius 2 is 2.00 bits per heavy atom. The van der Waals surface area contributed by atoms with Crippen LogP contribution in [0.15, 0.2) is 45.8 Å². The van der Waals surface area contributed by atoms with Crippen LogP contribution in [0.3, 0.4) is 0 Å². The van der Waals surface area contributed by atoms with Crippen LogP contribution >= 0.6 is 22.9 Å². The van der Waals surface area contributed by atoms with Gasteiger partial charge < -0.3 is 10.2 Å². The number of hydrogen-bond donors (Lipinski definition) is 1. The first-order valence-corrected chi connectivity index (χ1v) is 11.9. The standard InChI is InChI=1S/C19H22ClN3O4S2/c20-17-8-7-16(29(25,26)23-9-3-1-2-4-10-23)12-18(17)22-19(24)14-27-21-13-15-6-5-11-28-15/h5-8,11-13H,1-4,9-10,14H2,(H,22,24)/b21-13-. The fourth-order valence-corrected chi connectivity index (χ4v) is 5.21. The molecule has 0 spiro atoms. The van der Waals surface area contributed by atoms with E-state index in [2.05, 4.69) is 10.5 Å². The third kappa shape index (κ3) is 6.02. The van der Waals surface area contributed by atoms with E-state index in [0.717, 1.165) is 30.6 Å². The maximum atomic E-state index is 12.9. The van der Waals surface area contributed by atoms with Gasteiger partial charge in [-0.2, -0.15) is 4.31 Å². The molecule has 0 atom stereocenters. The van der Waals surface area contributed by atoms with Crippen LogP contribution in [-0.4, -0.2) is 44.5 Å². The van der Waals surface area contributed by atoms with Gasteiger partial charge >= 0.3 is 0 Å². The van der Waals surface area contributed by atoms with Gasteiger partial charge in [-0.1, -0.05) is 35.7 Å². The topological polar surface area (TPSA) is 88.1 Å². The Hall–Kier alpha value is -1.94. The summed E-state index contributed by atoms with van der Waals surface area (Å²) in [6.45, 7) is 0.687. The van der Waals surface area contributed by atoms with Gasteiger partial charge in [0.1, 0.15) is 0 Å². The molecule has 0 bridgehead atoms. The molecule has 1 aromatic heterocycles. The van der Waals surface area contributed by atoms with Crippen molar-refractivity contribution in [1.82, 2.24) is 4.31 Å². The molecule has 7 nitrogen and oxygen atoms in total. The van der Waals surface area contributed by atoms with Crippen LogP contribution in [0.1, 0.15) is 30.6 Å². The number of nitrogens with zero attached hydrogens (tertiary/aromatic N) is 2. The number of anilines is 1. The summed E-state index contributed by atoms with van der Waals surface area (Å²) in [7, 11) is -3.64. The van der Waals surface area contributed by atoms with Gasteiger partial charge in [-0.25, -0.2) is 8.42 Å². The van der Waals surface area contributed by atoms with Crippen molar-refractivity contribution in [3.8, 4) is 0 Å². The fraction of sp³-hybridized carbons (Fsp3) is 0.368. The molecule has 0 radical (unpaired) electrons. The van der Waals surface area contributed by atoms with E-state index >= 15 is 0 Å². The molecule has 0 aliphatic carbocycles. The third-order valence-electron chi connectivity index (χ3n) is 4.41. The largest absolute Gasteiger partial charge is 0.386 e. The smallest absolute Gasteiger partial charge is 0.265 e. The molecule has 1 amide bonds. The second kappa shape index (κ2) is 10.2. The molecule has 1 aliphatic rings. The molecule has 1 saturated heterocycles. The molecule has 29 heavy (non-hydrogen) atoms. The summed E-state index contributed by atoms with van der Waals surface area (Å²) in [6.07, 6.45) is 5.27. The van der Waals surface area contributed by atoms with Gasteiger partial charge in [-0.15, -0.1) is 11.3 Å². The minimum Gasteiger partial charge on any atom is -0.386 e. The van der Waals surface area contributed by atoms with Gasteiger partial charge in [-0.3, -0.25) is 4.79 Å². The summed E-state index contributed by atoms with van der Waals surface area (Å²) in [5.74, 6) is -0.487. The Labute approximate surface area is 179 Å². The maximum Gasteiger partial charge on any atom is 0.265 e. The normalized spacial score (nSPS) is 15.9. The van der Waals surface area contributed by atoms with E-state index < -0.39 is 15.9 Å². The molecule has 1 N–H and O–H groups in total. The highest BCUT2D eigenvalue weighted by molar-refractivity contribution is 7.89. The number of oxime groups is 1. The highest BCUT2D eigenvalue weighted by atomic mass is 35.5. The average molecular weight is 456 g/mol. The lowest BCUT2D eigenvalue weighted by Crippen LogP contribution is -2.32. The minimum atomic E-state index is -3.64. The number of thiophene rings is 1. The zero-order chi connectivity index (χ0) is 20.7. The van der Waals surface area contributed by atoms with Crippen LogP contribution in [0.4, 0.5) is 5.69 Å². The second-order valence-electron chi connectivity index (χ2n) is 6.53. The van der Waals surface area contributed by atoms with Crippen molar-refractivity contribution in [1.29, 1.82) is 0 Å². The zero-order valence-corrected chi connectivity index (χ0v) is 18.1. The van der Waals surface area contributed by atoms with Gasteiger partial charge in [0.05, 0.1) is 21.8 Å². The van der Waals surface area contributed by atoms with E-state index in [0.29, 0.717) is 13.1 Å². The average Bonchev–Trinajstić information content (AvgIpc) is 3.05. The molecular formula is C19H22ClN3O4S2. The molecule has 3 rings (SSSR count). The Kier molecular flexibility index (Phi) is 7.65. The zero-order valence-electron chi connectivity index (χ0n) is 15.7. The first-order chi connectivity index (χ1) is 14.0. The van der Waals surface area contributed by atoms with Gasteiger partial charge in [0.15, 0.2) is 6.61 Å². The molecule has 1 fully saturated rings. The quantitative estimate of drug-likeness (QED) is 0.505. The summed E-state index contributed by atoms with van der Waals surface area (Å²) < 4.78 is 27.4. The lowest BCUT2D eigenvalue weighted by Gasteiger charge is -2.20. The van der Waals surface area contributed by atoms with E-state index in [1.165, 1.54) is 40.1 Å². The minimum absolute atomic E-state index is 0.107. The summed E-state index contributed by atoms with van der Waals surface area (Å²) in [6, 6.07) is 8.06. The number of amides is 1. The molecule has 10 heteroatoms. The number of sulfonamides is 1. The van der Waals surface area contributed by atoms with E-state index in [4.69, 9.17) is 16.4 Å². The van der Waals surface area contributed by atoms with Crippen LogP contribution in [0.25, 0.3) is 0 Å². The van der Waals surface area contributed by atoms with Gasteiger partial charge in [0, 0.05) is 18.0 Å². The number of nitrogens with one attached hydrogen (secondary N) is 1. The molecule has 156 valence electrons. The monoisotopic (exact) mass is 455 g/mol. The molecule has 2 heterocycles. The maximum absolute atomic E-state index is 12.9. The Morgan fingerprint density at radius 1 is 1.24 bits per heavy atom. The van der Waals surface area contributed by atoms with Crippen molar-refractivity contribution in [2.75, 3.05) is 25.0 Å². The van der Waals surface area contributed by atoms with E-state index in [1.54, 1.807) is 0 Å². The molecule has 0 unspecified atom stereocenters. The van der Waals surface area contributed by atoms with Crippen molar-refractivity contribution in [3.05, 3.63) is 45.6 Å². The Morgan fingerprint density at radius 3 is 2.69 bits per heavy atom. The van der Waals surface area contributed by atoms with Crippen LogP contribution in [0, 0.1) is 0 Å². The van der Waals surface area contributed by atoms with E-state index in [1.807, 2.05) is 17.5 Å². The van der Waals surface area contributed by atoms with Gasteiger partial charge in [0.25, 0.3) is 5.91 Å². The van der Waals surface area contributed by atoms with Crippen molar-refractivity contribution in [3.63, 3.8) is 0 Å². The molecule has 2 aromatic rings. The van der Waals surface area contributed by atoms with Crippen LogP contribution in [-0.2, 0) is 19.7 Å². The van der Waals surface area contributed by atoms with Crippen LogP contribution in [0.2, 0.25) is 5.02 Å². The number of carbonyl (C=O) groups excluding carboxylic acids is 1. The number of rotatable bonds is 7. The van der Waals surface area contributed by atoms with Crippen molar-refractivity contribution < 1.29 is 18.0 Å². The SMILES string of the molecule is O=C(CO/N=C\c1cccs1)Nc1cc(S(=O)(=O)N2CCCCCC2)ccc1Cl. The first kappa shape index (κ1) is 21.8. The Balaban J connectivity index is 1.64. The lowest BCUT2D eigenvalue weighted by atomic mass is 10.2. The van der Waals surface area contributed by atoms with Crippen molar-refractivity contribution in [2.45, 2.75) is 30.6 Å². The highest BCUT2D eigenvalue weighted by Gasteiger charge is 2.26. The predicted molar refractivity (Wildman–Crippen MR) is 115 cm³/mol. The van der Waals surface area contributed by atoms with Crippen molar-refractivity contribution in [2.24, 2.45) is 5.16 Å². The van der Waals surface area contributed by atoms with Gasteiger partial charge in [-0.05, 0) is 42.5 Å². The predicted octanol–water partition coefficient (Wildman–Crippen LogP) is 3.96. The third-order valence-corrected chi connectivity index (χ3v) is 7.44. The van der Waals surface area contributed by atoms with E-state index in [-0.39, 0.29) is 22.2 Å². The molecular weight excluding hydrogens is 434 g/mol. The summed E-state index contributed by atoms with van der Waals surface area (Å²) in [4.78, 5) is 18.1. The number of halogens is 1. The summed E-state index contributed by atoms with van der Waals surface area (Å²) in [5, 5.41) is 8.47. The first-order valence-electron chi connectivity index (χ1n) is 9.25. The molecule has 1 aromatic carbocycles. The second-order valence-corrected chi connectivity index (χ2v) is 9.86. The molecule has 1 aliphatic heterocycles. The number of hydrogen-bond acceptors (Lipinski definition) is 6. The molecule has 0 saturated carbocycles. The van der Waals surface area contributed by atoms with Gasteiger partial charge in [0.2, 0.25) is 10.0 Å². The lowest BCUT2D eigenvalue weighted by molar-refractivity contribution is -0.120.